The molecule has 1 fully saturated rings. The van der Waals surface area contributed by atoms with Crippen LogP contribution in [-0.2, 0) is 11.3 Å². The van der Waals surface area contributed by atoms with E-state index in [0.29, 0.717) is 19.6 Å². The lowest BCUT2D eigenvalue weighted by molar-refractivity contribution is -0.135. The van der Waals surface area contributed by atoms with Gasteiger partial charge in [0.15, 0.2) is 0 Å². The van der Waals surface area contributed by atoms with E-state index < -0.39 is 0 Å². The van der Waals surface area contributed by atoms with Crippen molar-refractivity contribution in [2.75, 3.05) is 26.7 Å². The average Bonchev–Trinajstić information content (AvgIpc) is 2.56. The summed E-state index contributed by atoms with van der Waals surface area (Å²) in [7, 11) is 1.63. The second-order valence-corrected chi connectivity index (χ2v) is 8.39. The van der Waals surface area contributed by atoms with Crippen molar-refractivity contribution in [3.63, 3.8) is 0 Å². The number of carbonyl (C=O) groups is 2. The lowest BCUT2D eigenvalue weighted by Crippen LogP contribution is -2.60. The first-order chi connectivity index (χ1) is 12.0. The highest BCUT2D eigenvalue weighted by Gasteiger charge is 2.36. The highest BCUT2D eigenvalue weighted by atomic mass is 16.5. The number of urea groups is 1. The van der Waals surface area contributed by atoms with E-state index in [0.717, 1.165) is 11.3 Å². The maximum Gasteiger partial charge on any atom is 0.318 e. The number of nitrogens with one attached hydrogen (secondary N) is 1. The van der Waals surface area contributed by atoms with Gasteiger partial charge in [-0.15, -0.1) is 0 Å². The van der Waals surface area contributed by atoms with Gasteiger partial charge in [0.2, 0.25) is 5.91 Å². The summed E-state index contributed by atoms with van der Waals surface area (Å²) in [5.74, 6) is 0.763. The normalized spacial score (nSPS) is 15.8. The fraction of sp³-hybridized carbons (Fsp3) is 0.600. The van der Waals surface area contributed by atoms with Crippen LogP contribution in [0.15, 0.2) is 24.3 Å². The van der Waals surface area contributed by atoms with Gasteiger partial charge in [-0.2, -0.15) is 0 Å². The molecule has 0 unspecified atom stereocenters. The number of hydrogen-bond donors (Lipinski definition) is 1. The molecule has 0 aliphatic carbocycles. The Morgan fingerprint density at radius 2 is 1.73 bits per heavy atom. The Kier molecular flexibility index (Phi) is 5.84. The molecule has 26 heavy (non-hydrogen) atoms. The van der Waals surface area contributed by atoms with Crippen molar-refractivity contribution in [1.29, 1.82) is 0 Å². The molecule has 1 heterocycles. The summed E-state index contributed by atoms with van der Waals surface area (Å²) in [5, 5.41) is 3.07. The van der Waals surface area contributed by atoms with Crippen LogP contribution in [0.1, 0.15) is 40.2 Å². The summed E-state index contributed by atoms with van der Waals surface area (Å²) in [6, 6.07) is 7.51. The molecular formula is C20H31N3O3. The van der Waals surface area contributed by atoms with Crippen molar-refractivity contribution >= 4 is 11.9 Å². The van der Waals surface area contributed by atoms with Gasteiger partial charge in [-0.25, -0.2) is 4.79 Å². The fourth-order valence-corrected chi connectivity index (χ4v) is 2.53. The van der Waals surface area contributed by atoms with E-state index in [1.165, 1.54) is 0 Å². The number of hydrogen-bond acceptors (Lipinski definition) is 3. The van der Waals surface area contributed by atoms with Crippen LogP contribution in [0, 0.1) is 5.41 Å². The van der Waals surface area contributed by atoms with Crippen molar-refractivity contribution in [1.82, 2.24) is 15.1 Å². The van der Waals surface area contributed by atoms with E-state index in [2.05, 4.69) is 26.1 Å². The first-order valence-corrected chi connectivity index (χ1v) is 9.01. The van der Waals surface area contributed by atoms with Crippen LogP contribution < -0.4 is 10.1 Å². The van der Waals surface area contributed by atoms with Crippen LogP contribution in [0.25, 0.3) is 0 Å². The lowest BCUT2D eigenvalue weighted by Gasteiger charge is -2.42. The fourth-order valence-electron chi connectivity index (χ4n) is 2.53. The molecule has 1 saturated heterocycles. The standard InChI is InChI=1S/C20H31N3O3/c1-19(2,3)20(4,5)21-18(25)23-12-11-22(17(24)14-23)13-15-7-9-16(26-6)10-8-15/h7-10H,11-14H2,1-6H3,(H,21,25). The van der Waals surface area contributed by atoms with Gasteiger partial charge >= 0.3 is 6.03 Å². The molecule has 6 nitrogen and oxygen atoms in total. The maximum absolute atomic E-state index is 12.6. The molecule has 1 aliphatic heterocycles. The largest absolute Gasteiger partial charge is 0.497 e. The number of benzene rings is 1. The minimum atomic E-state index is -0.368. The van der Waals surface area contributed by atoms with E-state index >= 15 is 0 Å². The van der Waals surface area contributed by atoms with Crippen LogP contribution in [-0.4, -0.2) is 54.0 Å². The van der Waals surface area contributed by atoms with E-state index in [9.17, 15) is 9.59 Å². The first kappa shape index (κ1) is 20.1. The molecule has 0 radical (unpaired) electrons. The van der Waals surface area contributed by atoms with Crippen molar-refractivity contribution in [3.8, 4) is 5.75 Å². The molecule has 0 aromatic heterocycles. The predicted molar refractivity (Wildman–Crippen MR) is 102 cm³/mol. The van der Waals surface area contributed by atoms with E-state index in [4.69, 9.17) is 4.74 Å². The van der Waals surface area contributed by atoms with E-state index in [1.54, 1.807) is 16.9 Å². The van der Waals surface area contributed by atoms with Crippen LogP contribution in [0.3, 0.4) is 0 Å². The summed E-state index contributed by atoms with van der Waals surface area (Å²) in [4.78, 5) is 28.4. The number of methoxy groups -OCH3 is 1. The van der Waals surface area contributed by atoms with Crippen molar-refractivity contribution in [2.45, 2.75) is 46.7 Å². The smallest absolute Gasteiger partial charge is 0.318 e. The minimum absolute atomic E-state index is 0.0317. The van der Waals surface area contributed by atoms with Gasteiger partial charge in [0.25, 0.3) is 0 Å². The summed E-state index contributed by atoms with van der Waals surface area (Å²) in [6.07, 6.45) is 0. The van der Waals surface area contributed by atoms with E-state index in [1.807, 2.05) is 38.1 Å². The summed E-state index contributed by atoms with van der Waals surface area (Å²) < 4.78 is 5.15. The molecule has 0 spiro atoms. The minimum Gasteiger partial charge on any atom is -0.497 e. The number of carbonyl (C=O) groups excluding carboxylic acids is 2. The highest BCUT2D eigenvalue weighted by molar-refractivity contribution is 5.85. The number of nitrogens with zero attached hydrogens (tertiary/aromatic N) is 2. The van der Waals surface area contributed by atoms with Gasteiger partial charge in [-0.1, -0.05) is 32.9 Å². The molecule has 0 atom stereocenters. The molecule has 1 aromatic carbocycles. The van der Waals surface area contributed by atoms with Crippen molar-refractivity contribution in [2.24, 2.45) is 5.41 Å². The molecule has 3 amide bonds. The SMILES string of the molecule is COc1ccc(CN2CCN(C(=O)NC(C)(C)C(C)(C)C)CC2=O)cc1. The van der Waals surface area contributed by atoms with Gasteiger partial charge in [0.05, 0.1) is 7.11 Å². The van der Waals surface area contributed by atoms with Crippen molar-refractivity contribution in [3.05, 3.63) is 29.8 Å². The quantitative estimate of drug-likeness (QED) is 0.897. The average molecular weight is 361 g/mol. The lowest BCUT2D eigenvalue weighted by atomic mass is 9.76. The summed E-state index contributed by atoms with van der Waals surface area (Å²) in [5.41, 5.74) is 0.599. The molecule has 1 aromatic rings. The molecule has 6 heteroatoms. The molecule has 0 bridgehead atoms. The van der Waals surface area contributed by atoms with Gasteiger partial charge in [0.1, 0.15) is 12.3 Å². The van der Waals surface area contributed by atoms with Crippen LogP contribution in [0.4, 0.5) is 4.79 Å². The second-order valence-electron chi connectivity index (χ2n) is 8.39. The molecule has 2 rings (SSSR count). The molecule has 0 saturated carbocycles. The Balaban J connectivity index is 1.93. The van der Waals surface area contributed by atoms with Gasteiger partial charge in [0, 0.05) is 25.2 Å². The number of ether oxygens (including phenoxy) is 1. The van der Waals surface area contributed by atoms with Gasteiger partial charge in [-0.05, 0) is 37.0 Å². The zero-order valence-corrected chi connectivity index (χ0v) is 16.8. The highest BCUT2D eigenvalue weighted by Crippen LogP contribution is 2.29. The number of amides is 3. The Morgan fingerprint density at radius 3 is 2.23 bits per heavy atom. The Labute approximate surface area is 156 Å². The number of piperazine rings is 1. The Bertz CT molecular complexity index is 647. The first-order valence-electron chi connectivity index (χ1n) is 9.01. The maximum atomic E-state index is 12.6. The van der Waals surface area contributed by atoms with Crippen LogP contribution in [0.5, 0.6) is 5.75 Å². The van der Waals surface area contributed by atoms with Gasteiger partial charge < -0.3 is 19.9 Å². The third kappa shape index (κ3) is 4.68. The van der Waals surface area contributed by atoms with E-state index in [-0.39, 0.29) is 29.4 Å². The zero-order valence-electron chi connectivity index (χ0n) is 16.8. The monoisotopic (exact) mass is 361 g/mol. The summed E-state index contributed by atoms with van der Waals surface area (Å²) in [6.45, 7) is 12.0. The topological polar surface area (TPSA) is 61.9 Å². The number of rotatable bonds is 4. The molecule has 1 aliphatic rings. The van der Waals surface area contributed by atoms with Crippen LogP contribution >= 0.6 is 0 Å². The third-order valence-electron chi connectivity index (χ3n) is 5.43. The second kappa shape index (κ2) is 7.56. The zero-order chi connectivity index (χ0) is 19.5. The molecular weight excluding hydrogens is 330 g/mol. The molecule has 1 N–H and O–H groups in total. The predicted octanol–water partition coefficient (Wildman–Crippen LogP) is 2.87. The summed E-state index contributed by atoms with van der Waals surface area (Å²) >= 11 is 0. The van der Waals surface area contributed by atoms with Crippen molar-refractivity contribution < 1.29 is 14.3 Å². The Hall–Kier alpha value is -2.24. The van der Waals surface area contributed by atoms with Gasteiger partial charge in [-0.3, -0.25) is 4.79 Å². The third-order valence-corrected chi connectivity index (χ3v) is 5.43. The van der Waals surface area contributed by atoms with Crippen LogP contribution in [0.2, 0.25) is 0 Å². The molecule has 144 valence electrons. The Morgan fingerprint density at radius 1 is 1.12 bits per heavy atom.